The lowest BCUT2D eigenvalue weighted by atomic mass is 10.2. The molecule has 20 heavy (non-hydrogen) atoms. The number of aliphatic hydroxyl groups is 1. The van der Waals surface area contributed by atoms with Gasteiger partial charge < -0.3 is 10.4 Å². The molecule has 2 N–H and O–H groups in total. The van der Waals surface area contributed by atoms with Gasteiger partial charge in [0, 0.05) is 30.9 Å². The zero-order valence-corrected chi connectivity index (χ0v) is 12.5. The third-order valence-electron chi connectivity index (χ3n) is 2.53. The second-order valence-corrected chi connectivity index (χ2v) is 5.18. The number of aliphatic hydroxyl groups excluding tert-OH is 1. The van der Waals surface area contributed by atoms with E-state index in [1.807, 2.05) is 11.8 Å². The second-order valence-electron chi connectivity index (χ2n) is 4.19. The van der Waals surface area contributed by atoms with Gasteiger partial charge in [-0.3, -0.25) is 9.78 Å². The van der Waals surface area contributed by atoms with E-state index in [9.17, 15) is 4.79 Å². The fourth-order valence-electron chi connectivity index (χ4n) is 1.53. The molecule has 0 unspecified atom stereocenters. The molecular formula is C15H20N2O2S. The first-order valence-corrected chi connectivity index (χ1v) is 7.99. The Labute approximate surface area is 124 Å². The quantitative estimate of drug-likeness (QED) is 0.593. The van der Waals surface area contributed by atoms with Gasteiger partial charge in [-0.15, -0.1) is 0 Å². The van der Waals surface area contributed by atoms with Crippen molar-refractivity contribution < 1.29 is 9.90 Å². The number of unbranched alkanes of at least 4 members (excludes halogenated alkanes) is 1. The van der Waals surface area contributed by atoms with E-state index in [-0.39, 0.29) is 12.5 Å². The summed E-state index contributed by atoms with van der Waals surface area (Å²) in [5.74, 6) is 6.68. The number of rotatable bonds is 7. The van der Waals surface area contributed by atoms with Crippen LogP contribution in [0.5, 0.6) is 0 Å². The van der Waals surface area contributed by atoms with Crippen LogP contribution in [0.25, 0.3) is 0 Å². The Hall–Kier alpha value is -1.51. The van der Waals surface area contributed by atoms with Crippen molar-refractivity contribution >= 4 is 17.7 Å². The number of nitrogens with one attached hydrogen (secondary N) is 1. The predicted molar refractivity (Wildman–Crippen MR) is 82.8 cm³/mol. The van der Waals surface area contributed by atoms with E-state index in [4.69, 9.17) is 5.11 Å². The van der Waals surface area contributed by atoms with Crippen LogP contribution in [-0.4, -0.2) is 41.2 Å². The summed E-state index contributed by atoms with van der Waals surface area (Å²) in [6.07, 6.45) is 7.73. The highest BCUT2D eigenvalue weighted by Gasteiger charge is 2.05. The average Bonchev–Trinajstić information content (AvgIpc) is 2.47. The Morgan fingerprint density at radius 1 is 1.45 bits per heavy atom. The third-order valence-corrected chi connectivity index (χ3v) is 3.23. The number of aromatic nitrogens is 1. The average molecular weight is 292 g/mol. The topological polar surface area (TPSA) is 62.2 Å². The molecule has 1 amide bonds. The van der Waals surface area contributed by atoms with Gasteiger partial charge in [-0.2, -0.15) is 11.8 Å². The number of hydrogen-bond donors (Lipinski definition) is 2. The Bertz CT molecular complexity index is 480. The van der Waals surface area contributed by atoms with Crippen LogP contribution >= 0.6 is 11.8 Å². The maximum Gasteiger partial charge on any atom is 0.252 e. The normalized spacial score (nSPS) is 9.70. The van der Waals surface area contributed by atoms with Gasteiger partial charge in [0.1, 0.15) is 0 Å². The fraction of sp³-hybridized carbons (Fsp3) is 0.467. The van der Waals surface area contributed by atoms with E-state index < -0.39 is 0 Å². The minimum absolute atomic E-state index is 0.0383. The molecule has 0 atom stereocenters. The Morgan fingerprint density at radius 3 is 3.05 bits per heavy atom. The van der Waals surface area contributed by atoms with Crippen molar-refractivity contribution in [3.63, 3.8) is 0 Å². The molecule has 1 heterocycles. The van der Waals surface area contributed by atoms with E-state index in [0.29, 0.717) is 24.1 Å². The van der Waals surface area contributed by atoms with Crippen molar-refractivity contribution in [2.75, 3.05) is 25.2 Å². The standard InChI is InChI=1S/C15H20N2O2S/c1-20-9-5-3-7-17-15(19)14-10-13(11-16-12-14)6-2-4-8-18/h10-12,18H,3-5,7-9H2,1H3,(H,17,19). The predicted octanol–water partition coefficient (Wildman–Crippen LogP) is 1.69. The molecule has 0 fully saturated rings. The number of amides is 1. The molecule has 108 valence electrons. The van der Waals surface area contributed by atoms with Crippen molar-refractivity contribution in [1.29, 1.82) is 0 Å². The Kier molecular flexibility index (Phi) is 8.52. The van der Waals surface area contributed by atoms with E-state index in [0.717, 1.165) is 18.6 Å². The first-order valence-electron chi connectivity index (χ1n) is 6.60. The fourth-order valence-corrected chi connectivity index (χ4v) is 2.02. The van der Waals surface area contributed by atoms with Crippen molar-refractivity contribution in [2.45, 2.75) is 19.3 Å². The van der Waals surface area contributed by atoms with Crippen LogP contribution in [0.3, 0.4) is 0 Å². The molecule has 0 aliphatic carbocycles. The van der Waals surface area contributed by atoms with Crippen molar-refractivity contribution in [3.8, 4) is 11.8 Å². The highest BCUT2D eigenvalue weighted by molar-refractivity contribution is 7.98. The van der Waals surface area contributed by atoms with Crippen LogP contribution in [0.1, 0.15) is 35.2 Å². The first-order chi connectivity index (χ1) is 9.77. The summed E-state index contributed by atoms with van der Waals surface area (Å²) in [4.78, 5) is 15.9. The molecule has 0 bridgehead atoms. The second kappa shape index (κ2) is 10.3. The maximum atomic E-state index is 11.9. The van der Waals surface area contributed by atoms with E-state index in [1.54, 1.807) is 12.3 Å². The Balaban J connectivity index is 2.48. The summed E-state index contributed by atoms with van der Waals surface area (Å²) in [7, 11) is 0. The van der Waals surface area contributed by atoms with Gasteiger partial charge in [-0.1, -0.05) is 11.8 Å². The van der Waals surface area contributed by atoms with Gasteiger partial charge in [0.15, 0.2) is 0 Å². The van der Waals surface area contributed by atoms with Crippen molar-refractivity contribution in [3.05, 3.63) is 29.6 Å². The van der Waals surface area contributed by atoms with Crippen LogP contribution in [0, 0.1) is 11.8 Å². The van der Waals surface area contributed by atoms with Gasteiger partial charge >= 0.3 is 0 Å². The molecule has 0 saturated heterocycles. The number of carbonyl (C=O) groups is 1. The summed E-state index contributed by atoms with van der Waals surface area (Å²) in [6.45, 7) is 0.719. The van der Waals surface area contributed by atoms with Gasteiger partial charge in [0.2, 0.25) is 0 Å². The minimum atomic E-state index is -0.118. The number of carbonyl (C=O) groups excluding carboxylic acids is 1. The summed E-state index contributed by atoms with van der Waals surface area (Å²) < 4.78 is 0. The summed E-state index contributed by atoms with van der Waals surface area (Å²) in [5.41, 5.74) is 1.21. The lowest BCUT2D eigenvalue weighted by Crippen LogP contribution is -2.24. The van der Waals surface area contributed by atoms with Crippen LogP contribution in [0.15, 0.2) is 18.5 Å². The molecule has 4 nitrogen and oxygen atoms in total. The molecule has 5 heteroatoms. The molecule has 0 saturated carbocycles. The van der Waals surface area contributed by atoms with Gasteiger partial charge in [-0.25, -0.2) is 0 Å². The van der Waals surface area contributed by atoms with Crippen molar-refractivity contribution in [2.24, 2.45) is 0 Å². The lowest BCUT2D eigenvalue weighted by Gasteiger charge is -2.04. The zero-order valence-electron chi connectivity index (χ0n) is 11.7. The van der Waals surface area contributed by atoms with Gasteiger partial charge in [0.05, 0.1) is 12.2 Å². The first kappa shape index (κ1) is 16.5. The highest BCUT2D eigenvalue weighted by Crippen LogP contribution is 2.02. The van der Waals surface area contributed by atoms with Gasteiger partial charge in [0.25, 0.3) is 5.91 Å². The van der Waals surface area contributed by atoms with Crippen LogP contribution in [-0.2, 0) is 0 Å². The Morgan fingerprint density at radius 2 is 2.30 bits per heavy atom. The van der Waals surface area contributed by atoms with Crippen LogP contribution in [0.2, 0.25) is 0 Å². The molecule has 0 radical (unpaired) electrons. The number of thioether (sulfide) groups is 1. The van der Waals surface area contributed by atoms with Crippen molar-refractivity contribution in [1.82, 2.24) is 10.3 Å². The minimum Gasteiger partial charge on any atom is -0.395 e. The number of hydrogen-bond acceptors (Lipinski definition) is 4. The third kappa shape index (κ3) is 6.60. The molecule has 0 spiro atoms. The summed E-state index contributed by atoms with van der Waals surface area (Å²) >= 11 is 1.81. The monoisotopic (exact) mass is 292 g/mol. The zero-order chi connectivity index (χ0) is 14.6. The van der Waals surface area contributed by atoms with E-state index >= 15 is 0 Å². The smallest absolute Gasteiger partial charge is 0.252 e. The lowest BCUT2D eigenvalue weighted by molar-refractivity contribution is 0.0953. The SMILES string of the molecule is CSCCCCNC(=O)c1cncc(C#CCCO)c1. The van der Waals surface area contributed by atoms with Gasteiger partial charge in [-0.05, 0) is 30.9 Å². The highest BCUT2D eigenvalue weighted by atomic mass is 32.2. The molecule has 0 aliphatic heterocycles. The molecule has 1 rings (SSSR count). The summed E-state index contributed by atoms with van der Waals surface area (Å²) in [6, 6.07) is 1.72. The molecule has 1 aromatic rings. The molecule has 0 aliphatic rings. The van der Waals surface area contributed by atoms with E-state index in [1.165, 1.54) is 6.20 Å². The molecular weight excluding hydrogens is 272 g/mol. The summed E-state index contributed by atoms with van der Waals surface area (Å²) in [5, 5.41) is 11.5. The van der Waals surface area contributed by atoms with Crippen LogP contribution < -0.4 is 5.32 Å². The maximum absolute atomic E-state index is 11.9. The largest absolute Gasteiger partial charge is 0.395 e. The molecule has 1 aromatic heterocycles. The number of pyridine rings is 1. The van der Waals surface area contributed by atoms with E-state index in [2.05, 4.69) is 28.4 Å². The molecule has 0 aromatic carbocycles. The van der Waals surface area contributed by atoms with Crippen LogP contribution in [0.4, 0.5) is 0 Å². The number of nitrogens with zero attached hydrogens (tertiary/aromatic N) is 1.